The average Bonchev–Trinajstić information content (AvgIpc) is 2.54. The molecule has 0 saturated carbocycles. The predicted octanol–water partition coefficient (Wildman–Crippen LogP) is 2.08. The molecule has 1 aliphatic heterocycles. The zero-order chi connectivity index (χ0) is 14.7. The molecule has 0 spiro atoms. The van der Waals surface area contributed by atoms with E-state index in [1.165, 1.54) is 0 Å². The number of benzene rings is 1. The minimum Gasteiger partial charge on any atom is -0.497 e. The summed E-state index contributed by atoms with van der Waals surface area (Å²) in [6.45, 7) is 0.670. The predicted molar refractivity (Wildman–Crippen MR) is 81.4 cm³/mol. The van der Waals surface area contributed by atoms with E-state index >= 15 is 0 Å². The normalized spacial score (nSPS) is 22.4. The van der Waals surface area contributed by atoms with E-state index in [2.05, 4.69) is 9.97 Å². The molecular formula is C16H21N3O2. The maximum atomic E-state index is 5.85. The maximum absolute atomic E-state index is 5.85. The minimum absolute atomic E-state index is 0.199. The Hall–Kier alpha value is -1.72. The number of ether oxygens (including phenoxy) is 2. The lowest BCUT2D eigenvalue weighted by atomic mass is 10.00. The third-order valence-corrected chi connectivity index (χ3v) is 4.03. The number of methoxy groups -OCH3 is 1. The fourth-order valence-corrected chi connectivity index (χ4v) is 2.77. The molecule has 5 heteroatoms. The van der Waals surface area contributed by atoms with Gasteiger partial charge in [0.15, 0.2) is 0 Å². The first kappa shape index (κ1) is 14.2. The highest BCUT2D eigenvalue weighted by molar-refractivity contribution is 5.82. The van der Waals surface area contributed by atoms with Crippen LogP contribution in [0.15, 0.2) is 24.5 Å². The fraction of sp³-hybridized carbons (Fsp3) is 0.500. The van der Waals surface area contributed by atoms with Gasteiger partial charge in [0.05, 0.1) is 31.0 Å². The third-order valence-electron chi connectivity index (χ3n) is 4.03. The van der Waals surface area contributed by atoms with Crippen molar-refractivity contribution >= 4 is 10.9 Å². The standard InChI is InChI=1S/C16H21N3O2/c1-20-13-5-7-16-14(8-13)15(18-10-19-16)6-4-12-3-2-11(17)9-21-12/h5,7-8,10-12H,2-4,6,9,17H2,1H3/t11-,12-/m1/s1. The van der Waals surface area contributed by atoms with Crippen LogP contribution in [0.5, 0.6) is 5.75 Å². The van der Waals surface area contributed by atoms with Crippen molar-refractivity contribution in [1.29, 1.82) is 0 Å². The molecule has 0 unspecified atom stereocenters. The third kappa shape index (κ3) is 3.31. The highest BCUT2D eigenvalue weighted by Gasteiger charge is 2.19. The molecule has 1 fully saturated rings. The molecule has 2 heterocycles. The number of nitrogens with zero attached hydrogens (tertiary/aromatic N) is 2. The summed E-state index contributed by atoms with van der Waals surface area (Å²) >= 11 is 0. The SMILES string of the molecule is COc1ccc2ncnc(CC[C@H]3CC[C@@H](N)CO3)c2c1. The van der Waals surface area contributed by atoms with Crippen LogP contribution in [0.1, 0.15) is 25.0 Å². The lowest BCUT2D eigenvalue weighted by molar-refractivity contribution is 0.00104. The molecule has 2 atom stereocenters. The Morgan fingerprint density at radius 1 is 1.33 bits per heavy atom. The average molecular weight is 287 g/mol. The van der Waals surface area contributed by atoms with Crippen molar-refractivity contribution in [3.05, 3.63) is 30.2 Å². The second-order valence-corrected chi connectivity index (χ2v) is 5.53. The van der Waals surface area contributed by atoms with Crippen LogP contribution in [-0.2, 0) is 11.2 Å². The number of rotatable bonds is 4. The number of hydrogen-bond donors (Lipinski definition) is 1. The first-order valence-corrected chi connectivity index (χ1v) is 7.41. The van der Waals surface area contributed by atoms with Gasteiger partial charge in [0.2, 0.25) is 0 Å². The Balaban J connectivity index is 1.74. The van der Waals surface area contributed by atoms with Crippen LogP contribution >= 0.6 is 0 Å². The van der Waals surface area contributed by atoms with Gasteiger partial charge in [-0.05, 0) is 43.9 Å². The molecule has 1 aromatic heterocycles. The van der Waals surface area contributed by atoms with E-state index in [1.807, 2.05) is 18.2 Å². The van der Waals surface area contributed by atoms with Crippen LogP contribution in [0.4, 0.5) is 0 Å². The van der Waals surface area contributed by atoms with E-state index in [1.54, 1.807) is 13.4 Å². The van der Waals surface area contributed by atoms with Crippen LogP contribution in [0.3, 0.4) is 0 Å². The summed E-state index contributed by atoms with van der Waals surface area (Å²) in [5, 5.41) is 1.06. The number of hydrogen-bond acceptors (Lipinski definition) is 5. The van der Waals surface area contributed by atoms with Gasteiger partial charge in [0.1, 0.15) is 12.1 Å². The monoisotopic (exact) mass is 287 g/mol. The van der Waals surface area contributed by atoms with E-state index in [0.717, 1.165) is 48.0 Å². The van der Waals surface area contributed by atoms with Crippen LogP contribution in [0, 0.1) is 0 Å². The fourth-order valence-electron chi connectivity index (χ4n) is 2.77. The lowest BCUT2D eigenvalue weighted by Crippen LogP contribution is -2.35. The molecule has 1 aromatic carbocycles. The molecule has 1 saturated heterocycles. The topological polar surface area (TPSA) is 70.3 Å². The van der Waals surface area contributed by atoms with Crippen molar-refractivity contribution in [3.8, 4) is 5.75 Å². The van der Waals surface area contributed by atoms with Crippen molar-refractivity contribution in [3.63, 3.8) is 0 Å². The van der Waals surface area contributed by atoms with E-state index in [0.29, 0.717) is 12.7 Å². The Kier molecular flexibility index (Phi) is 4.31. The van der Waals surface area contributed by atoms with Crippen LogP contribution in [0.2, 0.25) is 0 Å². The summed E-state index contributed by atoms with van der Waals surface area (Å²) in [5.74, 6) is 0.832. The van der Waals surface area contributed by atoms with Gasteiger partial charge < -0.3 is 15.2 Å². The zero-order valence-electron chi connectivity index (χ0n) is 12.3. The zero-order valence-corrected chi connectivity index (χ0v) is 12.3. The van der Waals surface area contributed by atoms with Crippen LogP contribution in [0.25, 0.3) is 10.9 Å². The van der Waals surface area contributed by atoms with Crippen molar-refractivity contribution < 1.29 is 9.47 Å². The van der Waals surface area contributed by atoms with Gasteiger partial charge in [0, 0.05) is 11.4 Å². The summed E-state index contributed by atoms with van der Waals surface area (Å²) in [6.07, 6.45) is 5.85. The van der Waals surface area contributed by atoms with E-state index in [-0.39, 0.29) is 6.04 Å². The highest BCUT2D eigenvalue weighted by Crippen LogP contribution is 2.23. The smallest absolute Gasteiger partial charge is 0.119 e. The molecule has 3 rings (SSSR count). The Bertz CT molecular complexity index is 609. The maximum Gasteiger partial charge on any atom is 0.119 e. The first-order valence-electron chi connectivity index (χ1n) is 7.41. The Morgan fingerprint density at radius 2 is 2.24 bits per heavy atom. The molecule has 21 heavy (non-hydrogen) atoms. The van der Waals surface area contributed by atoms with Gasteiger partial charge in [0.25, 0.3) is 0 Å². The van der Waals surface area contributed by atoms with E-state index < -0.39 is 0 Å². The quantitative estimate of drug-likeness (QED) is 0.932. The molecule has 0 bridgehead atoms. The van der Waals surface area contributed by atoms with Gasteiger partial charge in [-0.2, -0.15) is 0 Å². The van der Waals surface area contributed by atoms with Crippen LogP contribution < -0.4 is 10.5 Å². The van der Waals surface area contributed by atoms with Gasteiger partial charge in [-0.3, -0.25) is 0 Å². The van der Waals surface area contributed by atoms with Crippen molar-refractivity contribution in [1.82, 2.24) is 9.97 Å². The summed E-state index contributed by atoms with van der Waals surface area (Å²) in [5.41, 5.74) is 7.86. The molecule has 0 radical (unpaired) electrons. The van der Waals surface area contributed by atoms with Crippen molar-refractivity contribution in [2.24, 2.45) is 5.73 Å². The molecule has 2 aromatic rings. The molecule has 0 aliphatic carbocycles. The van der Waals surface area contributed by atoms with Gasteiger partial charge in [-0.25, -0.2) is 9.97 Å². The number of nitrogens with two attached hydrogens (primary N) is 1. The second-order valence-electron chi connectivity index (χ2n) is 5.53. The first-order chi connectivity index (χ1) is 10.3. The van der Waals surface area contributed by atoms with Gasteiger partial charge in [-0.1, -0.05) is 0 Å². The summed E-state index contributed by atoms with van der Waals surface area (Å²) in [7, 11) is 1.67. The highest BCUT2D eigenvalue weighted by atomic mass is 16.5. The molecule has 0 amide bonds. The summed E-state index contributed by atoms with van der Waals surface area (Å²) < 4.78 is 11.1. The Morgan fingerprint density at radius 3 is 3.00 bits per heavy atom. The number of aryl methyl sites for hydroxylation is 1. The van der Waals surface area contributed by atoms with Crippen molar-refractivity contribution in [2.45, 2.75) is 37.8 Å². The molecular weight excluding hydrogens is 266 g/mol. The largest absolute Gasteiger partial charge is 0.497 e. The second kappa shape index (κ2) is 6.37. The van der Waals surface area contributed by atoms with E-state index in [9.17, 15) is 0 Å². The minimum atomic E-state index is 0.199. The van der Waals surface area contributed by atoms with Crippen LogP contribution in [-0.4, -0.2) is 35.8 Å². The molecule has 5 nitrogen and oxygen atoms in total. The summed E-state index contributed by atoms with van der Waals surface area (Å²) in [6, 6.07) is 6.09. The van der Waals surface area contributed by atoms with Crippen molar-refractivity contribution in [2.75, 3.05) is 13.7 Å². The van der Waals surface area contributed by atoms with E-state index in [4.69, 9.17) is 15.2 Å². The molecule has 2 N–H and O–H groups in total. The summed E-state index contributed by atoms with van der Waals surface area (Å²) in [4.78, 5) is 8.74. The van der Waals surface area contributed by atoms with Gasteiger partial charge >= 0.3 is 0 Å². The lowest BCUT2D eigenvalue weighted by Gasteiger charge is -2.26. The number of fused-ring (bicyclic) bond motifs is 1. The number of aromatic nitrogens is 2. The molecule has 112 valence electrons. The van der Waals surface area contributed by atoms with Gasteiger partial charge in [-0.15, -0.1) is 0 Å². The Labute approximate surface area is 124 Å². The molecule has 1 aliphatic rings.